The lowest BCUT2D eigenvalue weighted by molar-refractivity contribution is 0.304. The Morgan fingerprint density at radius 3 is 3.06 bits per heavy atom. The molecule has 2 heterocycles. The molecule has 100 valence electrons. The van der Waals surface area contributed by atoms with Gasteiger partial charge in [0.25, 0.3) is 0 Å². The number of nitrogens with two attached hydrogens (primary N) is 1. The molecule has 1 aliphatic rings. The summed E-state index contributed by atoms with van der Waals surface area (Å²) in [6.45, 7) is 6.86. The van der Waals surface area contributed by atoms with Crippen LogP contribution in [0, 0.1) is 5.92 Å². The number of rotatable bonds is 4. The van der Waals surface area contributed by atoms with E-state index in [0.29, 0.717) is 24.4 Å². The molecule has 2 N–H and O–H groups in total. The molecule has 1 aromatic heterocycles. The zero-order chi connectivity index (χ0) is 13.0. The van der Waals surface area contributed by atoms with Gasteiger partial charge in [-0.1, -0.05) is 13.8 Å². The van der Waals surface area contributed by atoms with E-state index in [-0.39, 0.29) is 0 Å². The van der Waals surface area contributed by atoms with Crippen molar-refractivity contribution < 1.29 is 4.74 Å². The van der Waals surface area contributed by atoms with Gasteiger partial charge in [-0.2, -0.15) is 0 Å². The molecule has 1 saturated heterocycles. The minimum absolute atomic E-state index is 0.305. The van der Waals surface area contributed by atoms with Gasteiger partial charge in [-0.25, -0.2) is 9.97 Å². The van der Waals surface area contributed by atoms with Gasteiger partial charge in [0.15, 0.2) is 0 Å². The van der Waals surface area contributed by atoms with Crippen molar-refractivity contribution in [3.8, 4) is 5.88 Å². The Kier molecular flexibility index (Phi) is 4.36. The Bertz CT molecular complexity index is 385. The first-order chi connectivity index (χ1) is 8.70. The fourth-order valence-electron chi connectivity index (χ4n) is 2.16. The minimum atomic E-state index is 0.305. The van der Waals surface area contributed by atoms with E-state index >= 15 is 0 Å². The van der Waals surface area contributed by atoms with Crippen molar-refractivity contribution in [2.75, 3.05) is 24.6 Å². The highest BCUT2D eigenvalue weighted by atomic mass is 16.5. The number of piperidine rings is 1. The Hall–Kier alpha value is -1.36. The molecule has 2 atom stereocenters. The summed E-state index contributed by atoms with van der Waals surface area (Å²) in [6, 6.07) is 2.22. The summed E-state index contributed by atoms with van der Waals surface area (Å²) in [4.78, 5) is 10.7. The van der Waals surface area contributed by atoms with Crippen LogP contribution in [-0.4, -0.2) is 35.7 Å². The van der Waals surface area contributed by atoms with Crippen molar-refractivity contribution in [3.05, 3.63) is 12.4 Å². The van der Waals surface area contributed by atoms with Crippen LogP contribution in [0.5, 0.6) is 5.88 Å². The molecule has 5 nitrogen and oxygen atoms in total. The van der Waals surface area contributed by atoms with E-state index < -0.39 is 0 Å². The van der Waals surface area contributed by atoms with E-state index in [0.717, 1.165) is 31.7 Å². The van der Waals surface area contributed by atoms with E-state index in [4.69, 9.17) is 10.5 Å². The quantitative estimate of drug-likeness (QED) is 0.876. The maximum atomic E-state index is 6.03. The standard InChI is InChI=1S/C13H22N4O/c1-3-6-18-13-7-12(15-9-16-13)17-5-4-11(14)10(2)8-17/h7,9-11H,3-6,8,14H2,1-2H3. The number of anilines is 1. The van der Waals surface area contributed by atoms with Crippen molar-refractivity contribution >= 4 is 5.82 Å². The Morgan fingerprint density at radius 1 is 1.50 bits per heavy atom. The van der Waals surface area contributed by atoms with Crippen molar-refractivity contribution in [3.63, 3.8) is 0 Å². The molecule has 0 aromatic carbocycles. The van der Waals surface area contributed by atoms with E-state index in [1.165, 1.54) is 0 Å². The molecule has 0 amide bonds. The molecule has 2 rings (SSSR count). The molecule has 0 saturated carbocycles. The molecule has 1 aliphatic heterocycles. The van der Waals surface area contributed by atoms with Gasteiger partial charge in [0.05, 0.1) is 6.61 Å². The van der Waals surface area contributed by atoms with Gasteiger partial charge in [0.1, 0.15) is 12.1 Å². The maximum Gasteiger partial charge on any atom is 0.218 e. The summed E-state index contributed by atoms with van der Waals surface area (Å²) < 4.78 is 5.53. The normalized spacial score (nSPS) is 24.1. The fraction of sp³-hybridized carbons (Fsp3) is 0.692. The van der Waals surface area contributed by atoms with E-state index in [1.54, 1.807) is 6.33 Å². The largest absolute Gasteiger partial charge is 0.478 e. The first-order valence-corrected chi connectivity index (χ1v) is 6.66. The second-order valence-electron chi connectivity index (χ2n) is 4.94. The zero-order valence-corrected chi connectivity index (χ0v) is 11.2. The minimum Gasteiger partial charge on any atom is -0.478 e. The molecule has 18 heavy (non-hydrogen) atoms. The Labute approximate surface area is 108 Å². The molecule has 2 unspecified atom stereocenters. The average Bonchev–Trinajstić information content (AvgIpc) is 2.40. The van der Waals surface area contributed by atoms with Crippen LogP contribution >= 0.6 is 0 Å². The predicted molar refractivity (Wildman–Crippen MR) is 71.8 cm³/mol. The molecule has 1 aromatic rings. The molecular weight excluding hydrogens is 228 g/mol. The van der Waals surface area contributed by atoms with Crippen LogP contribution in [0.4, 0.5) is 5.82 Å². The van der Waals surface area contributed by atoms with E-state index in [2.05, 4.69) is 28.7 Å². The molecule has 0 spiro atoms. The van der Waals surface area contributed by atoms with Gasteiger partial charge in [0, 0.05) is 25.2 Å². The van der Waals surface area contributed by atoms with Gasteiger partial charge < -0.3 is 15.4 Å². The van der Waals surface area contributed by atoms with Gasteiger partial charge >= 0.3 is 0 Å². The third-order valence-corrected chi connectivity index (χ3v) is 3.38. The number of nitrogens with zero attached hydrogens (tertiary/aromatic N) is 3. The summed E-state index contributed by atoms with van der Waals surface area (Å²) in [7, 11) is 0. The lowest BCUT2D eigenvalue weighted by atomic mass is 9.95. The van der Waals surface area contributed by atoms with Crippen molar-refractivity contribution in [2.24, 2.45) is 11.7 Å². The second kappa shape index (κ2) is 6.00. The average molecular weight is 250 g/mol. The van der Waals surface area contributed by atoms with Crippen LogP contribution in [0.15, 0.2) is 12.4 Å². The Balaban J connectivity index is 2.04. The van der Waals surface area contributed by atoms with Crippen molar-refractivity contribution in [1.29, 1.82) is 0 Å². The van der Waals surface area contributed by atoms with Crippen LogP contribution in [0.2, 0.25) is 0 Å². The summed E-state index contributed by atoms with van der Waals surface area (Å²) in [5, 5.41) is 0. The highest BCUT2D eigenvalue weighted by molar-refractivity contribution is 5.41. The lowest BCUT2D eigenvalue weighted by Gasteiger charge is -2.35. The number of hydrogen-bond acceptors (Lipinski definition) is 5. The highest BCUT2D eigenvalue weighted by Gasteiger charge is 2.24. The van der Waals surface area contributed by atoms with Crippen LogP contribution in [0.3, 0.4) is 0 Å². The van der Waals surface area contributed by atoms with Crippen LogP contribution < -0.4 is 15.4 Å². The van der Waals surface area contributed by atoms with Gasteiger partial charge in [-0.3, -0.25) is 0 Å². The van der Waals surface area contributed by atoms with Crippen LogP contribution in [-0.2, 0) is 0 Å². The van der Waals surface area contributed by atoms with Crippen LogP contribution in [0.25, 0.3) is 0 Å². The molecule has 1 fully saturated rings. The molecule has 5 heteroatoms. The molecule has 0 bridgehead atoms. The fourth-order valence-corrected chi connectivity index (χ4v) is 2.16. The third kappa shape index (κ3) is 3.10. The lowest BCUT2D eigenvalue weighted by Crippen LogP contribution is -2.46. The number of hydrogen-bond donors (Lipinski definition) is 1. The smallest absolute Gasteiger partial charge is 0.218 e. The van der Waals surface area contributed by atoms with E-state index in [9.17, 15) is 0 Å². The molecule has 0 radical (unpaired) electrons. The summed E-state index contributed by atoms with van der Waals surface area (Å²) >= 11 is 0. The van der Waals surface area contributed by atoms with Crippen molar-refractivity contribution in [2.45, 2.75) is 32.7 Å². The maximum absolute atomic E-state index is 6.03. The van der Waals surface area contributed by atoms with Gasteiger partial charge in [0.2, 0.25) is 5.88 Å². The second-order valence-corrected chi connectivity index (χ2v) is 4.94. The topological polar surface area (TPSA) is 64.3 Å². The Morgan fingerprint density at radius 2 is 2.33 bits per heavy atom. The number of ether oxygens (including phenoxy) is 1. The molecular formula is C13H22N4O. The number of aromatic nitrogens is 2. The first kappa shape index (κ1) is 13.1. The predicted octanol–water partition coefficient (Wildman–Crippen LogP) is 1.44. The van der Waals surface area contributed by atoms with E-state index in [1.807, 2.05) is 6.07 Å². The first-order valence-electron chi connectivity index (χ1n) is 6.66. The van der Waals surface area contributed by atoms with Crippen molar-refractivity contribution in [1.82, 2.24) is 9.97 Å². The summed E-state index contributed by atoms with van der Waals surface area (Å²) in [6.07, 6.45) is 3.56. The highest BCUT2D eigenvalue weighted by Crippen LogP contribution is 2.22. The molecule has 0 aliphatic carbocycles. The summed E-state index contributed by atoms with van der Waals surface area (Å²) in [5.41, 5.74) is 6.03. The monoisotopic (exact) mass is 250 g/mol. The third-order valence-electron chi connectivity index (χ3n) is 3.38. The zero-order valence-electron chi connectivity index (χ0n) is 11.2. The van der Waals surface area contributed by atoms with Gasteiger partial charge in [-0.05, 0) is 18.8 Å². The van der Waals surface area contributed by atoms with Gasteiger partial charge in [-0.15, -0.1) is 0 Å². The SMILES string of the molecule is CCCOc1cc(N2CCC(N)C(C)C2)ncn1. The van der Waals surface area contributed by atoms with Crippen LogP contribution in [0.1, 0.15) is 26.7 Å². The summed E-state index contributed by atoms with van der Waals surface area (Å²) in [5.74, 6) is 2.09.